The Bertz CT molecular complexity index is 983. The summed E-state index contributed by atoms with van der Waals surface area (Å²) in [6.07, 6.45) is 1.10. The van der Waals surface area contributed by atoms with Gasteiger partial charge in [-0.1, -0.05) is 0 Å². The zero-order chi connectivity index (χ0) is 15.7. The van der Waals surface area contributed by atoms with Crippen molar-refractivity contribution in [1.29, 1.82) is 5.26 Å². The van der Waals surface area contributed by atoms with Gasteiger partial charge in [0.15, 0.2) is 0 Å². The van der Waals surface area contributed by atoms with Gasteiger partial charge in [-0.25, -0.2) is 13.4 Å². The van der Waals surface area contributed by atoms with E-state index in [0.717, 1.165) is 22.9 Å². The lowest BCUT2D eigenvalue weighted by Gasteiger charge is -2.04. The highest BCUT2D eigenvalue weighted by atomic mass is 32.2. The van der Waals surface area contributed by atoms with Gasteiger partial charge in [0.25, 0.3) is 0 Å². The van der Waals surface area contributed by atoms with E-state index in [9.17, 15) is 8.42 Å². The number of nitriles is 1. The van der Waals surface area contributed by atoms with E-state index >= 15 is 0 Å². The number of H-pyrrole nitrogens is 1. The number of rotatable bonds is 3. The van der Waals surface area contributed by atoms with Crippen molar-refractivity contribution in [2.45, 2.75) is 0 Å². The Morgan fingerprint density at radius 2 is 1.91 bits per heavy atom. The van der Waals surface area contributed by atoms with Crippen LogP contribution in [0.25, 0.3) is 22.4 Å². The molecule has 3 aromatic rings. The van der Waals surface area contributed by atoms with Crippen LogP contribution in [0.1, 0.15) is 5.56 Å². The molecule has 0 saturated heterocycles. The van der Waals surface area contributed by atoms with E-state index in [0.29, 0.717) is 17.1 Å². The smallest absolute Gasteiger partial charge is 0.229 e. The second-order valence-electron chi connectivity index (χ2n) is 4.88. The van der Waals surface area contributed by atoms with E-state index < -0.39 is 10.0 Å². The number of nitrogens with zero attached hydrogens (tertiary/aromatic N) is 2. The molecule has 22 heavy (non-hydrogen) atoms. The van der Waals surface area contributed by atoms with E-state index in [1.54, 1.807) is 42.5 Å². The third-order valence-electron chi connectivity index (χ3n) is 3.07. The van der Waals surface area contributed by atoms with Crippen molar-refractivity contribution < 1.29 is 8.42 Å². The molecule has 0 spiro atoms. The van der Waals surface area contributed by atoms with Crippen molar-refractivity contribution in [2.24, 2.45) is 0 Å². The van der Waals surface area contributed by atoms with Crippen LogP contribution in [0.4, 0.5) is 5.69 Å². The molecule has 7 heteroatoms. The molecule has 0 bridgehead atoms. The first-order valence-electron chi connectivity index (χ1n) is 6.43. The minimum absolute atomic E-state index is 0.495. The van der Waals surface area contributed by atoms with Gasteiger partial charge in [0.2, 0.25) is 10.0 Å². The summed E-state index contributed by atoms with van der Waals surface area (Å²) >= 11 is 0. The van der Waals surface area contributed by atoms with E-state index in [4.69, 9.17) is 5.26 Å². The van der Waals surface area contributed by atoms with Gasteiger partial charge < -0.3 is 4.98 Å². The van der Waals surface area contributed by atoms with Crippen LogP contribution in [0.5, 0.6) is 0 Å². The SMILES string of the molecule is CS(=O)(=O)Nc1ccc(-c2nc3ccc(C#N)cc3[nH]2)cc1. The lowest BCUT2D eigenvalue weighted by atomic mass is 10.2. The maximum atomic E-state index is 11.2. The number of anilines is 1. The molecule has 0 aliphatic heterocycles. The fourth-order valence-electron chi connectivity index (χ4n) is 2.13. The molecule has 0 atom stereocenters. The average molecular weight is 312 g/mol. The first kappa shape index (κ1) is 14.1. The Balaban J connectivity index is 1.96. The van der Waals surface area contributed by atoms with E-state index in [-0.39, 0.29) is 0 Å². The molecule has 0 fully saturated rings. The zero-order valence-electron chi connectivity index (χ0n) is 11.7. The molecular formula is C15H12N4O2S. The number of hydrogen-bond acceptors (Lipinski definition) is 4. The van der Waals surface area contributed by atoms with Crippen LogP contribution in [0.2, 0.25) is 0 Å². The van der Waals surface area contributed by atoms with Crippen molar-refractivity contribution >= 4 is 26.7 Å². The number of nitrogens with one attached hydrogen (secondary N) is 2. The summed E-state index contributed by atoms with van der Waals surface area (Å²) in [7, 11) is -3.29. The molecule has 0 saturated carbocycles. The predicted octanol–water partition coefficient (Wildman–Crippen LogP) is 2.47. The minimum atomic E-state index is -3.29. The van der Waals surface area contributed by atoms with Gasteiger partial charge in [0.05, 0.1) is 28.9 Å². The summed E-state index contributed by atoms with van der Waals surface area (Å²) in [6, 6.07) is 14.2. The molecule has 0 unspecified atom stereocenters. The van der Waals surface area contributed by atoms with E-state index in [2.05, 4.69) is 20.8 Å². The Morgan fingerprint density at radius 1 is 1.18 bits per heavy atom. The van der Waals surface area contributed by atoms with E-state index in [1.807, 2.05) is 0 Å². The molecule has 110 valence electrons. The largest absolute Gasteiger partial charge is 0.338 e. The summed E-state index contributed by atoms with van der Waals surface area (Å²) in [4.78, 5) is 7.61. The van der Waals surface area contributed by atoms with Gasteiger partial charge in [0, 0.05) is 11.3 Å². The van der Waals surface area contributed by atoms with Crippen LogP contribution in [0.3, 0.4) is 0 Å². The summed E-state index contributed by atoms with van der Waals surface area (Å²) < 4.78 is 24.8. The van der Waals surface area contributed by atoms with Gasteiger partial charge in [-0.05, 0) is 42.5 Å². The number of aromatic amines is 1. The number of benzene rings is 2. The first-order valence-corrected chi connectivity index (χ1v) is 8.32. The molecule has 1 aromatic heterocycles. The summed E-state index contributed by atoms with van der Waals surface area (Å²) in [5.74, 6) is 0.663. The van der Waals surface area contributed by atoms with Gasteiger partial charge in [0.1, 0.15) is 5.82 Å². The van der Waals surface area contributed by atoms with Crippen LogP contribution in [-0.2, 0) is 10.0 Å². The van der Waals surface area contributed by atoms with Crippen molar-refractivity contribution in [3.05, 3.63) is 48.0 Å². The molecule has 0 aliphatic rings. The highest BCUT2D eigenvalue weighted by Crippen LogP contribution is 2.23. The summed E-state index contributed by atoms with van der Waals surface area (Å²) in [5.41, 5.74) is 3.44. The standard InChI is InChI=1S/C15H12N4O2S/c1-22(20,21)19-12-5-3-11(4-6-12)15-17-13-7-2-10(9-16)8-14(13)18-15/h2-8,19H,1H3,(H,17,18). The van der Waals surface area contributed by atoms with Gasteiger partial charge in [-0.2, -0.15) is 5.26 Å². The average Bonchev–Trinajstić information content (AvgIpc) is 2.89. The normalized spacial score (nSPS) is 11.3. The predicted molar refractivity (Wildman–Crippen MR) is 84.7 cm³/mol. The maximum absolute atomic E-state index is 11.2. The summed E-state index contributed by atoms with van der Waals surface area (Å²) in [6.45, 7) is 0. The highest BCUT2D eigenvalue weighted by Gasteiger charge is 2.07. The highest BCUT2D eigenvalue weighted by molar-refractivity contribution is 7.92. The zero-order valence-corrected chi connectivity index (χ0v) is 12.5. The molecule has 1 heterocycles. The first-order chi connectivity index (χ1) is 10.4. The molecule has 2 N–H and O–H groups in total. The number of fused-ring (bicyclic) bond motifs is 1. The van der Waals surface area contributed by atoms with Crippen molar-refractivity contribution in [2.75, 3.05) is 11.0 Å². The second-order valence-corrected chi connectivity index (χ2v) is 6.63. The van der Waals surface area contributed by atoms with Crippen LogP contribution in [0.15, 0.2) is 42.5 Å². The van der Waals surface area contributed by atoms with Crippen molar-refractivity contribution in [3.63, 3.8) is 0 Å². The quantitative estimate of drug-likeness (QED) is 0.776. The monoisotopic (exact) mass is 312 g/mol. The number of hydrogen-bond donors (Lipinski definition) is 2. The van der Waals surface area contributed by atoms with Crippen LogP contribution in [0, 0.1) is 11.3 Å². The molecule has 2 aromatic carbocycles. The molecule has 0 aliphatic carbocycles. The lowest BCUT2D eigenvalue weighted by Crippen LogP contribution is -2.09. The Labute approximate surface area is 127 Å². The van der Waals surface area contributed by atoms with Crippen molar-refractivity contribution in [3.8, 4) is 17.5 Å². The van der Waals surface area contributed by atoms with Gasteiger partial charge in [-0.15, -0.1) is 0 Å². The van der Waals surface area contributed by atoms with Crippen LogP contribution < -0.4 is 4.72 Å². The van der Waals surface area contributed by atoms with Crippen LogP contribution >= 0.6 is 0 Å². The fraction of sp³-hybridized carbons (Fsp3) is 0.0667. The Morgan fingerprint density at radius 3 is 2.55 bits per heavy atom. The van der Waals surface area contributed by atoms with Gasteiger partial charge in [-0.3, -0.25) is 4.72 Å². The molecule has 0 amide bonds. The molecule has 6 nitrogen and oxygen atoms in total. The molecule has 0 radical (unpaired) electrons. The maximum Gasteiger partial charge on any atom is 0.229 e. The minimum Gasteiger partial charge on any atom is -0.338 e. The lowest BCUT2D eigenvalue weighted by molar-refractivity contribution is 0.607. The number of sulfonamides is 1. The van der Waals surface area contributed by atoms with Crippen LogP contribution in [-0.4, -0.2) is 24.6 Å². The topological polar surface area (TPSA) is 98.6 Å². The summed E-state index contributed by atoms with van der Waals surface area (Å²) in [5, 5.41) is 8.90. The fourth-order valence-corrected chi connectivity index (χ4v) is 2.69. The second kappa shape index (κ2) is 5.16. The number of imidazole rings is 1. The van der Waals surface area contributed by atoms with Gasteiger partial charge >= 0.3 is 0 Å². The van der Waals surface area contributed by atoms with Crippen molar-refractivity contribution in [1.82, 2.24) is 9.97 Å². The third kappa shape index (κ3) is 2.92. The number of aromatic nitrogens is 2. The third-order valence-corrected chi connectivity index (χ3v) is 3.68. The molecular weight excluding hydrogens is 300 g/mol. The molecule has 3 rings (SSSR count). The Kier molecular flexibility index (Phi) is 3.31. The van der Waals surface area contributed by atoms with E-state index in [1.165, 1.54) is 0 Å². The Hall–Kier alpha value is -2.85.